The van der Waals surface area contributed by atoms with Crippen molar-refractivity contribution in [1.82, 2.24) is 15.1 Å². The van der Waals surface area contributed by atoms with E-state index in [4.69, 9.17) is 0 Å². The van der Waals surface area contributed by atoms with Crippen molar-refractivity contribution in [3.05, 3.63) is 59.7 Å². The van der Waals surface area contributed by atoms with Crippen molar-refractivity contribution in [3.8, 4) is 10.6 Å². The average molecular weight is 475 g/mol. The van der Waals surface area contributed by atoms with Crippen molar-refractivity contribution < 1.29 is 22.8 Å². The molecule has 2 aromatic carbocycles. The molecule has 2 N–H and O–H groups in total. The maximum atomic E-state index is 12.9. The summed E-state index contributed by atoms with van der Waals surface area (Å²) in [6, 6.07) is 10.7. The number of carbonyl (C=O) groups excluding carboxylic acids is 2. The quantitative estimate of drug-likeness (QED) is 0.545. The number of nitrogens with zero attached hydrogens (tertiary/aromatic N) is 3. The standard InChI is InChI=1S/C22H20F3N5O2S/c1-13-5-2-6-14(11-13)19-28-29-20(33-19)27-18(31)17-9-4-10-30(17)21(32)26-16-8-3-7-15(12-16)22(23,24)25/h2-3,5-8,11-12,17H,4,9-10H2,1H3,(H,26,32)(H,27,29,31). The fraction of sp³-hybridized carbons (Fsp3) is 0.273. The van der Waals surface area contributed by atoms with Crippen LogP contribution in [-0.4, -0.2) is 39.6 Å². The molecule has 0 aliphatic carbocycles. The summed E-state index contributed by atoms with van der Waals surface area (Å²) >= 11 is 1.22. The molecule has 3 amide bonds. The van der Waals surface area contributed by atoms with Crippen molar-refractivity contribution in [1.29, 1.82) is 0 Å². The molecular formula is C22H20F3N5O2S. The molecule has 1 fully saturated rings. The number of hydrogen-bond donors (Lipinski definition) is 2. The number of amides is 3. The lowest BCUT2D eigenvalue weighted by Crippen LogP contribution is -2.45. The van der Waals surface area contributed by atoms with Gasteiger partial charge in [-0.3, -0.25) is 10.1 Å². The summed E-state index contributed by atoms with van der Waals surface area (Å²) in [5.41, 5.74) is 1.10. The highest BCUT2D eigenvalue weighted by atomic mass is 32.1. The monoisotopic (exact) mass is 475 g/mol. The van der Waals surface area contributed by atoms with Gasteiger partial charge in [0.2, 0.25) is 11.0 Å². The molecule has 0 saturated carbocycles. The van der Waals surface area contributed by atoms with Gasteiger partial charge in [-0.25, -0.2) is 4.79 Å². The first-order chi connectivity index (χ1) is 15.7. The average Bonchev–Trinajstić information content (AvgIpc) is 3.43. The molecule has 0 radical (unpaired) electrons. The van der Waals surface area contributed by atoms with Crippen molar-refractivity contribution in [2.75, 3.05) is 17.2 Å². The molecule has 3 aromatic rings. The second kappa shape index (κ2) is 9.18. The SMILES string of the molecule is Cc1cccc(-c2nnc(NC(=O)C3CCCN3C(=O)Nc3cccc(C(F)(F)F)c3)s2)c1. The minimum atomic E-state index is -4.52. The van der Waals surface area contributed by atoms with E-state index in [2.05, 4.69) is 20.8 Å². The smallest absolute Gasteiger partial charge is 0.312 e. The molecule has 33 heavy (non-hydrogen) atoms. The lowest BCUT2D eigenvalue weighted by molar-refractivity contribution is -0.137. The predicted octanol–water partition coefficient (Wildman–Crippen LogP) is 5.17. The first kappa shape index (κ1) is 22.7. The van der Waals surface area contributed by atoms with Crippen LogP contribution in [0.5, 0.6) is 0 Å². The van der Waals surface area contributed by atoms with Crippen molar-refractivity contribution in [2.24, 2.45) is 0 Å². The number of benzene rings is 2. The van der Waals surface area contributed by atoms with Crippen LogP contribution in [0, 0.1) is 6.92 Å². The number of hydrogen-bond acceptors (Lipinski definition) is 5. The lowest BCUT2D eigenvalue weighted by atomic mass is 10.1. The van der Waals surface area contributed by atoms with E-state index in [1.54, 1.807) is 0 Å². The highest BCUT2D eigenvalue weighted by molar-refractivity contribution is 7.18. The van der Waals surface area contributed by atoms with Crippen LogP contribution in [0.25, 0.3) is 10.6 Å². The highest BCUT2D eigenvalue weighted by Gasteiger charge is 2.35. The van der Waals surface area contributed by atoms with E-state index in [1.165, 1.54) is 28.4 Å². The Morgan fingerprint density at radius 1 is 1.09 bits per heavy atom. The third-order valence-electron chi connectivity index (χ3n) is 5.18. The topological polar surface area (TPSA) is 87.2 Å². The maximum absolute atomic E-state index is 12.9. The predicted molar refractivity (Wildman–Crippen MR) is 119 cm³/mol. The Kier molecular flexibility index (Phi) is 6.32. The number of rotatable bonds is 4. The fourth-order valence-electron chi connectivity index (χ4n) is 3.61. The summed E-state index contributed by atoms with van der Waals surface area (Å²) in [6.07, 6.45) is -3.49. The zero-order valence-electron chi connectivity index (χ0n) is 17.5. The van der Waals surface area contributed by atoms with E-state index in [-0.39, 0.29) is 5.69 Å². The van der Waals surface area contributed by atoms with Crippen LogP contribution in [0.3, 0.4) is 0 Å². The van der Waals surface area contributed by atoms with Gasteiger partial charge in [0.15, 0.2) is 0 Å². The lowest BCUT2D eigenvalue weighted by Gasteiger charge is -2.24. The molecule has 1 aliphatic heterocycles. The van der Waals surface area contributed by atoms with E-state index in [0.29, 0.717) is 29.5 Å². The van der Waals surface area contributed by atoms with E-state index >= 15 is 0 Å². The number of anilines is 2. The van der Waals surface area contributed by atoms with Crippen LogP contribution in [0.4, 0.5) is 28.8 Å². The number of urea groups is 1. The largest absolute Gasteiger partial charge is 0.416 e. The van der Waals surface area contributed by atoms with E-state index in [9.17, 15) is 22.8 Å². The van der Waals surface area contributed by atoms with Crippen molar-refractivity contribution >= 4 is 34.1 Å². The highest BCUT2D eigenvalue weighted by Crippen LogP contribution is 2.31. The third kappa shape index (κ3) is 5.30. The summed E-state index contributed by atoms with van der Waals surface area (Å²) in [5.74, 6) is -0.418. The molecule has 4 rings (SSSR count). The Bertz CT molecular complexity index is 1180. The molecular weight excluding hydrogens is 455 g/mol. The van der Waals surface area contributed by atoms with E-state index in [0.717, 1.165) is 23.3 Å². The van der Waals surface area contributed by atoms with Crippen LogP contribution in [-0.2, 0) is 11.0 Å². The van der Waals surface area contributed by atoms with Gasteiger partial charge in [-0.15, -0.1) is 10.2 Å². The van der Waals surface area contributed by atoms with Gasteiger partial charge in [-0.05, 0) is 44.0 Å². The zero-order valence-corrected chi connectivity index (χ0v) is 18.3. The number of aromatic nitrogens is 2. The molecule has 2 heterocycles. The Morgan fingerprint density at radius 2 is 1.88 bits per heavy atom. The molecule has 1 aliphatic rings. The molecule has 0 bridgehead atoms. The number of alkyl halides is 3. The second-order valence-electron chi connectivity index (χ2n) is 7.63. The Labute approximate surface area is 191 Å². The first-order valence-corrected chi connectivity index (χ1v) is 11.0. The fourth-order valence-corrected chi connectivity index (χ4v) is 4.35. The van der Waals surface area contributed by atoms with Gasteiger partial charge in [0.25, 0.3) is 0 Å². The van der Waals surface area contributed by atoms with E-state index in [1.807, 2.05) is 31.2 Å². The molecule has 7 nitrogen and oxygen atoms in total. The number of halogens is 3. The molecule has 11 heteroatoms. The van der Waals surface area contributed by atoms with Crippen LogP contribution in [0.2, 0.25) is 0 Å². The molecule has 1 saturated heterocycles. The zero-order chi connectivity index (χ0) is 23.6. The summed E-state index contributed by atoms with van der Waals surface area (Å²) in [7, 11) is 0. The van der Waals surface area contributed by atoms with Crippen LogP contribution >= 0.6 is 11.3 Å². The van der Waals surface area contributed by atoms with Crippen molar-refractivity contribution in [3.63, 3.8) is 0 Å². The minimum absolute atomic E-state index is 0.00722. The summed E-state index contributed by atoms with van der Waals surface area (Å²) in [4.78, 5) is 26.8. The summed E-state index contributed by atoms with van der Waals surface area (Å²) in [5, 5.41) is 14.2. The Hall–Kier alpha value is -3.47. The van der Waals surface area contributed by atoms with Gasteiger partial charge in [-0.1, -0.05) is 41.2 Å². The van der Waals surface area contributed by atoms with E-state index < -0.39 is 29.7 Å². The molecule has 0 spiro atoms. The molecule has 172 valence electrons. The van der Waals surface area contributed by atoms with Gasteiger partial charge in [-0.2, -0.15) is 13.2 Å². The minimum Gasteiger partial charge on any atom is -0.312 e. The normalized spacial score (nSPS) is 16.0. The Balaban J connectivity index is 1.42. The van der Waals surface area contributed by atoms with Gasteiger partial charge in [0.1, 0.15) is 11.0 Å². The number of carbonyl (C=O) groups is 2. The maximum Gasteiger partial charge on any atom is 0.416 e. The van der Waals surface area contributed by atoms with Gasteiger partial charge in [0.05, 0.1) is 5.56 Å². The number of nitrogens with one attached hydrogen (secondary N) is 2. The molecule has 1 aromatic heterocycles. The van der Waals surface area contributed by atoms with Crippen LogP contribution in [0.15, 0.2) is 48.5 Å². The number of aryl methyl sites for hydroxylation is 1. The van der Waals surface area contributed by atoms with Gasteiger partial charge in [0, 0.05) is 17.8 Å². The van der Waals surface area contributed by atoms with Crippen LogP contribution < -0.4 is 10.6 Å². The summed E-state index contributed by atoms with van der Waals surface area (Å²) < 4.78 is 38.8. The second-order valence-corrected chi connectivity index (χ2v) is 8.61. The van der Waals surface area contributed by atoms with Gasteiger partial charge < -0.3 is 10.2 Å². The van der Waals surface area contributed by atoms with Crippen LogP contribution in [0.1, 0.15) is 24.0 Å². The Morgan fingerprint density at radius 3 is 2.64 bits per heavy atom. The first-order valence-electron chi connectivity index (χ1n) is 10.2. The number of likely N-dealkylation sites (tertiary alicyclic amines) is 1. The summed E-state index contributed by atoms with van der Waals surface area (Å²) in [6.45, 7) is 2.28. The van der Waals surface area contributed by atoms with Gasteiger partial charge >= 0.3 is 12.2 Å². The molecule has 1 atom stereocenters. The van der Waals surface area contributed by atoms with Crippen molar-refractivity contribution in [2.45, 2.75) is 32.0 Å². The third-order valence-corrected chi connectivity index (χ3v) is 6.07. The molecule has 1 unspecified atom stereocenters.